The van der Waals surface area contributed by atoms with Gasteiger partial charge in [0.05, 0.1) is 7.11 Å². The summed E-state index contributed by atoms with van der Waals surface area (Å²) in [5, 5.41) is 6.81. The van der Waals surface area contributed by atoms with Crippen molar-refractivity contribution in [1.29, 1.82) is 0 Å². The fourth-order valence-corrected chi connectivity index (χ4v) is 1.69. The maximum atomic E-state index is 5.70. The second-order valence-electron chi connectivity index (χ2n) is 4.03. The standard InChI is InChI=1S/C13H17N3O3/c1-9-15-13(19-16-9)8-18-12-5-4-11(17-3)6-10(12)7-14-2/h4-6,14H,7-8H2,1-3H3. The lowest BCUT2D eigenvalue weighted by atomic mass is 10.2. The highest BCUT2D eigenvalue weighted by Crippen LogP contribution is 2.24. The molecule has 0 radical (unpaired) electrons. The third-order valence-corrected chi connectivity index (χ3v) is 2.56. The lowest BCUT2D eigenvalue weighted by Gasteiger charge is -2.11. The first-order valence-corrected chi connectivity index (χ1v) is 5.96. The highest BCUT2D eigenvalue weighted by Gasteiger charge is 2.08. The molecule has 2 rings (SSSR count). The van der Waals surface area contributed by atoms with Gasteiger partial charge in [-0.15, -0.1) is 0 Å². The number of hydrogen-bond donors (Lipinski definition) is 1. The average Bonchev–Trinajstić information content (AvgIpc) is 2.83. The van der Waals surface area contributed by atoms with Crippen LogP contribution in [0.5, 0.6) is 11.5 Å². The Morgan fingerprint density at radius 1 is 1.37 bits per heavy atom. The van der Waals surface area contributed by atoms with Crippen molar-refractivity contribution in [3.05, 3.63) is 35.5 Å². The van der Waals surface area contributed by atoms with Gasteiger partial charge in [-0.25, -0.2) is 0 Å². The van der Waals surface area contributed by atoms with E-state index in [0.29, 0.717) is 18.3 Å². The molecular weight excluding hydrogens is 246 g/mol. The Kier molecular flexibility index (Phi) is 4.35. The first kappa shape index (κ1) is 13.4. The third-order valence-electron chi connectivity index (χ3n) is 2.56. The lowest BCUT2D eigenvalue weighted by molar-refractivity contribution is 0.240. The fraction of sp³-hybridized carbons (Fsp3) is 0.385. The molecule has 1 aromatic heterocycles. The molecule has 6 nitrogen and oxygen atoms in total. The van der Waals surface area contributed by atoms with Gasteiger partial charge in [-0.2, -0.15) is 4.98 Å². The van der Waals surface area contributed by atoms with Crippen LogP contribution in [0.2, 0.25) is 0 Å². The third kappa shape index (κ3) is 3.45. The number of benzene rings is 1. The van der Waals surface area contributed by atoms with Gasteiger partial charge >= 0.3 is 0 Å². The molecule has 0 spiro atoms. The van der Waals surface area contributed by atoms with Gasteiger partial charge in [0.2, 0.25) is 0 Å². The number of hydrogen-bond acceptors (Lipinski definition) is 6. The van der Waals surface area contributed by atoms with Gasteiger partial charge in [0.15, 0.2) is 12.4 Å². The minimum atomic E-state index is 0.254. The van der Waals surface area contributed by atoms with Crippen molar-refractivity contribution in [3.63, 3.8) is 0 Å². The minimum Gasteiger partial charge on any atom is -0.497 e. The molecule has 2 aromatic rings. The van der Waals surface area contributed by atoms with Gasteiger partial charge in [-0.3, -0.25) is 0 Å². The Morgan fingerprint density at radius 2 is 2.21 bits per heavy atom. The van der Waals surface area contributed by atoms with Crippen LogP contribution in [0, 0.1) is 6.92 Å². The van der Waals surface area contributed by atoms with Crippen molar-refractivity contribution in [2.24, 2.45) is 0 Å². The van der Waals surface area contributed by atoms with E-state index in [1.54, 1.807) is 14.0 Å². The van der Waals surface area contributed by atoms with E-state index < -0.39 is 0 Å². The van der Waals surface area contributed by atoms with Gasteiger partial charge in [-0.05, 0) is 32.2 Å². The zero-order valence-corrected chi connectivity index (χ0v) is 11.3. The molecule has 1 heterocycles. The highest BCUT2D eigenvalue weighted by molar-refractivity contribution is 5.40. The van der Waals surface area contributed by atoms with Crippen LogP contribution in [0.25, 0.3) is 0 Å². The first-order chi connectivity index (χ1) is 9.22. The average molecular weight is 263 g/mol. The minimum absolute atomic E-state index is 0.254. The zero-order chi connectivity index (χ0) is 13.7. The van der Waals surface area contributed by atoms with Crippen LogP contribution in [-0.4, -0.2) is 24.3 Å². The Hall–Kier alpha value is -2.08. The van der Waals surface area contributed by atoms with Crippen molar-refractivity contribution in [3.8, 4) is 11.5 Å². The largest absolute Gasteiger partial charge is 0.497 e. The van der Waals surface area contributed by atoms with E-state index in [1.807, 2.05) is 25.2 Å². The molecule has 0 aliphatic heterocycles. The quantitative estimate of drug-likeness (QED) is 0.855. The highest BCUT2D eigenvalue weighted by atomic mass is 16.5. The maximum Gasteiger partial charge on any atom is 0.264 e. The predicted octanol–water partition coefficient (Wildman–Crippen LogP) is 1.69. The molecule has 0 aliphatic rings. The molecule has 1 N–H and O–H groups in total. The number of aryl methyl sites for hydroxylation is 1. The molecule has 102 valence electrons. The number of methoxy groups -OCH3 is 1. The van der Waals surface area contributed by atoms with E-state index in [9.17, 15) is 0 Å². The molecule has 0 bridgehead atoms. The van der Waals surface area contributed by atoms with Crippen LogP contribution < -0.4 is 14.8 Å². The van der Waals surface area contributed by atoms with Gasteiger partial charge in [-0.1, -0.05) is 5.16 Å². The topological polar surface area (TPSA) is 69.4 Å². The predicted molar refractivity (Wildman–Crippen MR) is 69.1 cm³/mol. The van der Waals surface area contributed by atoms with E-state index in [-0.39, 0.29) is 6.61 Å². The van der Waals surface area contributed by atoms with Crippen LogP contribution in [0.4, 0.5) is 0 Å². The van der Waals surface area contributed by atoms with E-state index in [2.05, 4.69) is 15.5 Å². The van der Waals surface area contributed by atoms with E-state index in [0.717, 1.165) is 17.1 Å². The summed E-state index contributed by atoms with van der Waals surface area (Å²) >= 11 is 0. The van der Waals surface area contributed by atoms with Gasteiger partial charge in [0.25, 0.3) is 5.89 Å². The summed E-state index contributed by atoms with van der Waals surface area (Å²) < 4.78 is 15.9. The van der Waals surface area contributed by atoms with Crippen LogP contribution in [0.15, 0.2) is 22.7 Å². The number of nitrogens with zero attached hydrogens (tertiary/aromatic N) is 2. The van der Waals surface area contributed by atoms with Crippen molar-refractivity contribution in [2.45, 2.75) is 20.1 Å². The second-order valence-corrected chi connectivity index (χ2v) is 4.03. The monoisotopic (exact) mass is 263 g/mol. The van der Waals surface area contributed by atoms with Crippen LogP contribution >= 0.6 is 0 Å². The normalized spacial score (nSPS) is 10.5. The number of rotatable bonds is 6. The summed E-state index contributed by atoms with van der Waals surface area (Å²) in [6.45, 7) is 2.71. The molecule has 6 heteroatoms. The van der Waals surface area contributed by atoms with Crippen molar-refractivity contribution >= 4 is 0 Å². The molecule has 19 heavy (non-hydrogen) atoms. The van der Waals surface area contributed by atoms with Crippen LogP contribution in [0.1, 0.15) is 17.3 Å². The van der Waals surface area contributed by atoms with E-state index >= 15 is 0 Å². The molecular formula is C13H17N3O3. The smallest absolute Gasteiger partial charge is 0.264 e. The molecule has 0 atom stereocenters. The van der Waals surface area contributed by atoms with Crippen molar-refractivity contribution < 1.29 is 14.0 Å². The SMILES string of the molecule is CNCc1cc(OC)ccc1OCc1nc(C)no1. The Morgan fingerprint density at radius 3 is 2.84 bits per heavy atom. The van der Waals surface area contributed by atoms with E-state index in [1.165, 1.54) is 0 Å². The number of ether oxygens (including phenoxy) is 2. The second kappa shape index (κ2) is 6.19. The number of aromatic nitrogens is 2. The maximum absolute atomic E-state index is 5.70. The molecule has 1 aromatic carbocycles. The summed E-state index contributed by atoms with van der Waals surface area (Å²) in [6.07, 6.45) is 0. The summed E-state index contributed by atoms with van der Waals surface area (Å²) in [7, 11) is 3.52. The molecule has 0 fully saturated rings. The van der Waals surface area contributed by atoms with E-state index in [4.69, 9.17) is 14.0 Å². The summed E-state index contributed by atoms with van der Waals surface area (Å²) in [6, 6.07) is 5.66. The molecule has 0 saturated carbocycles. The van der Waals surface area contributed by atoms with Gasteiger partial charge < -0.3 is 19.3 Å². The fourth-order valence-electron chi connectivity index (χ4n) is 1.69. The Labute approximate surface area is 111 Å². The van der Waals surface area contributed by atoms with Gasteiger partial charge in [0, 0.05) is 12.1 Å². The first-order valence-electron chi connectivity index (χ1n) is 5.96. The summed E-state index contributed by atoms with van der Waals surface area (Å²) in [4.78, 5) is 4.09. The van der Waals surface area contributed by atoms with Crippen molar-refractivity contribution in [1.82, 2.24) is 15.5 Å². The van der Waals surface area contributed by atoms with Gasteiger partial charge in [0.1, 0.15) is 11.5 Å². The summed E-state index contributed by atoms with van der Waals surface area (Å²) in [5.74, 6) is 2.63. The Bertz CT molecular complexity index is 540. The lowest BCUT2D eigenvalue weighted by Crippen LogP contribution is -2.08. The van der Waals surface area contributed by atoms with Crippen LogP contribution in [0.3, 0.4) is 0 Å². The molecule has 0 amide bonds. The molecule has 0 saturated heterocycles. The molecule has 0 aliphatic carbocycles. The molecule has 0 unspecified atom stereocenters. The Balaban J connectivity index is 2.10. The summed E-state index contributed by atoms with van der Waals surface area (Å²) in [5.41, 5.74) is 1.01. The number of nitrogens with one attached hydrogen (secondary N) is 1. The zero-order valence-electron chi connectivity index (χ0n) is 11.3. The van der Waals surface area contributed by atoms with Crippen LogP contribution in [-0.2, 0) is 13.2 Å². The van der Waals surface area contributed by atoms with Crippen molar-refractivity contribution in [2.75, 3.05) is 14.2 Å².